The van der Waals surface area contributed by atoms with E-state index >= 15 is 0 Å². The zero-order valence-electron chi connectivity index (χ0n) is 19.5. The van der Waals surface area contributed by atoms with Crippen LogP contribution in [0.15, 0.2) is 33.0 Å². The smallest absolute Gasteiger partial charge is 0.305 e. The van der Waals surface area contributed by atoms with Crippen molar-refractivity contribution in [2.24, 2.45) is 0 Å². The summed E-state index contributed by atoms with van der Waals surface area (Å²) in [6, 6.07) is 3.82. The summed E-state index contributed by atoms with van der Waals surface area (Å²) in [5, 5.41) is 0.731. The van der Waals surface area contributed by atoms with Gasteiger partial charge in [-0.2, -0.15) is 0 Å². The maximum Gasteiger partial charge on any atom is 0.305 e. The van der Waals surface area contributed by atoms with Crippen LogP contribution in [0.2, 0.25) is 0 Å². The number of nitrogens with two attached hydrogens (primary N) is 1. The molecule has 4 rings (SSSR count). The maximum absolute atomic E-state index is 11.4. The van der Waals surface area contributed by atoms with Gasteiger partial charge in [0.05, 0.1) is 19.8 Å². The summed E-state index contributed by atoms with van der Waals surface area (Å²) in [4.78, 5) is 25.5. The van der Waals surface area contributed by atoms with E-state index < -0.39 is 0 Å². The zero-order valence-corrected chi connectivity index (χ0v) is 21.9. The number of ether oxygens (including phenoxy) is 4. The predicted octanol–water partition coefficient (Wildman–Crippen LogP) is 4.58. The van der Waals surface area contributed by atoms with Crippen molar-refractivity contribution in [3.8, 4) is 11.5 Å². The number of esters is 1. The molecule has 1 aliphatic rings. The summed E-state index contributed by atoms with van der Waals surface area (Å²) in [6.45, 7) is 4.20. The Bertz CT molecular complexity index is 1170. The number of aromatic nitrogens is 4. The SMILES string of the molecule is CCOC(=O)CCCCCCOCCn1c(Sc2cc3c(cc2Br)OCO3)nc2c(N)ncnc21. The van der Waals surface area contributed by atoms with Crippen LogP contribution >= 0.6 is 27.7 Å². The fourth-order valence-electron chi connectivity index (χ4n) is 3.61. The molecule has 0 spiro atoms. The molecule has 0 saturated carbocycles. The third kappa shape index (κ3) is 6.56. The summed E-state index contributed by atoms with van der Waals surface area (Å²) in [5.74, 6) is 1.62. The van der Waals surface area contributed by atoms with Crippen LogP contribution in [0.3, 0.4) is 0 Å². The Kier molecular flexibility index (Phi) is 9.05. The molecule has 3 heterocycles. The van der Waals surface area contributed by atoms with Gasteiger partial charge in [0, 0.05) is 22.4 Å². The molecule has 12 heteroatoms. The summed E-state index contributed by atoms with van der Waals surface area (Å²) in [7, 11) is 0. The molecule has 188 valence electrons. The van der Waals surface area contributed by atoms with E-state index in [-0.39, 0.29) is 12.8 Å². The molecule has 3 aromatic rings. The van der Waals surface area contributed by atoms with Gasteiger partial charge in [-0.05, 0) is 47.8 Å². The Hall–Kier alpha value is -2.57. The van der Waals surface area contributed by atoms with E-state index in [2.05, 4.69) is 25.9 Å². The van der Waals surface area contributed by atoms with Crippen molar-refractivity contribution in [2.45, 2.75) is 55.6 Å². The highest BCUT2D eigenvalue weighted by Crippen LogP contribution is 2.43. The van der Waals surface area contributed by atoms with Crippen molar-refractivity contribution in [2.75, 3.05) is 32.3 Å². The second kappa shape index (κ2) is 12.4. The molecule has 2 aromatic heterocycles. The molecule has 0 unspecified atom stereocenters. The van der Waals surface area contributed by atoms with Gasteiger partial charge < -0.3 is 29.2 Å². The highest BCUT2D eigenvalue weighted by Gasteiger charge is 2.20. The molecule has 0 amide bonds. The number of fused-ring (bicyclic) bond motifs is 2. The molecule has 2 N–H and O–H groups in total. The van der Waals surface area contributed by atoms with E-state index in [4.69, 9.17) is 29.7 Å². The highest BCUT2D eigenvalue weighted by atomic mass is 79.9. The second-order valence-corrected chi connectivity index (χ2v) is 9.66. The van der Waals surface area contributed by atoms with Gasteiger partial charge in [-0.15, -0.1) is 0 Å². The minimum absolute atomic E-state index is 0.123. The monoisotopic (exact) mass is 565 g/mol. The van der Waals surface area contributed by atoms with Gasteiger partial charge in [0.2, 0.25) is 6.79 Å². The molecule has 0 radical (unpaired) electrons. The molecule has 0 bridgehead atoms. The van der Waals surface area contributed by atoms with Crippen LogP contribution in [-0.2, 0) is 20.8 Å². The minimum atomic E-state index is -0.123. The third-order valence-electron chi connectivity index (χ3n) is 5.34. The number of anilines is 1. The van der Waals surface area contributed by atoms with Crippen molar-refractivity contribution in [1.29, 1.82) is 0 Å². The van der Waals surface area contributed by atoms with Crippen LogP contribution < -0.4 is 15.2 Å². The van der Waals surface area contributed by atoms with Crippen LogP contribution in [0.1, 0.15) is 39.0 Å². The summed E-state index contributed by atoms with van der Waals surface area (Å²) in [6.07, 6.45) is 5.70. The fourth-order valence-corrected chi connectivity index (χ4v) is 5.12. The number of imidazole rings is 1. The molecule has 35 heavy (non-hydrogen) atoms. The average Bonchev–Trinajstić information content (AvgIpc) is 3.43. The van der Waals surface area contributed by atoms with Crippen molar-refractivity contribution < 1.29 is 23.7 Å². The number of carbonyl (C=O) groups is 1. The number of hydrogen-bond acceptors (Lipinski definition) is 10. The summed E-state index contributed by atoms with van der Waals surface area (Å²) in [5.41, 5.74) is 7.29. The summed E-state index contributed by atoms with van der Waals surface area (Å²) >= 11 is 5.09. The Balaban J connectivity index is 1.33. The topological polar surface area (TPSA) is 124 Å². The molecule has 0 saturated heterocycles. The first-order chi connectivity index (χ1) is 17.1. The van der Waals surface area contributed by atoms with Crippen molar-refractivity contribution in [3.63, 3.8) is 0 Å². The Morgan fingerprint density at radius 1 is 1.17 bits per heavy atom. The standard InChI is InChI=1S/C23H28BrN5O5S/c1-2-32-19(30)7-5-3-4-6-9-31-10-8-29-22-20(21(25)26-13-27-22)28-23(29)35-18-12-17-16(11-15(18)24)33-14-34-17/h11-13H,2-10,14H2,1H3,(H2,25,26,27). The van der Waals surface area contributed by atoms with Crippen molar-refractivity contribution >= 4 is 50.6 Å². The number of carbonyl (C=O) groups excluding carboxylic acids is 1. The van der Waals surface area contributed by atoms with E-state index in [1.54, 1.807) is 0 Å². The van der Waals surface area contributed by atoms with Gasteiger partial charge in [0.15, 0.2) is 33.6 Å². The van der Waals surface area contributed by atoms with E-state index in [0.717, 1.165) is 40.2 Å². The first kappa shape index (κ1) is 25.5. The van der Waals surface area contributed by atoms with E-state index in [9.17, 15) is 4.79 Å². The molecule has 1 aromatic carbocycles. The fraction of sp³-hybridized carbons (Fsp3) is 0.478. The largest absolute Gasteiger partial charge is 0.466 e. The molecule has 0 aliphatic carbocycles. The van der Waals surface area contributed by atoms with Crippen LogP contribution in [-0.4, -0.2) is 52.1 Å². The Labute approximate surface area is 216 Å². The molecular formula is C23H28BrN5O5S. The normalized spacial score (nSPS) is 12.4. The Morgan fingerprint density at radius 2 is 1.97 bits per heavy atom. The molecule has 1 aliphatic heterocycles. The molecule has 0 atom stereocenters. The van der Waals surface area contributed by atoms with E-state index in [1.165, 1.54) is 18.1 Å². The van der Waals surface area contributed by atoms with E-state index in [1.807, 2.05) is 23.6 Å². The van der Waals surface area contributed by atoms with Crippen LogP contribution in [0.4, 0.5) is 5.82 Å². The van der Waals surface area contributed by atoms with Gasteiger partial charge in [-0.1, -0.05) is 24.6 Å². The highest BCUT2D eigenvalue weighted by molar-refractivity contribution is 9.10. The van der Waals surface area contributed by atoms with Gasteiger partial charge in [0.1, 0.15) is 6.33 Å². The van der Waals surface area contributed by atoms with Crippen LogP contribution in [0, 0.1) is 0 Å². The molecule has 10 nitrogen and oxygen atoms in total. The number of halogens is 1. The van der Waals surface area contributed by atoms with Crippen molar-refractivity contribution in [1.82, 2.24) is 19.5 Å². The number of nitrogen functional groups attached to an aromatic ring is 1. The maximum atomic E-state index is 11.4. The lowest BCUT2D eigenvalue weighted by Crippen LogP contribution is -2.09. The van der Waals surface area contributed by atoms with Gasteiger partial charge >= 0.3 is 5.97 Å². The predicted molar refractivity (Wildman–Crippen MR) is 135 cm³/mol. The summed E-state index contributed by atoms with van der Waals surface area (Å²) < 4.78 is 24.7. The third-order valence-corrected chi connectivity index (χ3v) is 7.31. The lowest BCUT2D eigenvalue weighted by atomic mass is 10.1. The number of benzene rings is 1. The number of rotatable bonds is 13. The quantitative estimate of drug-likeness (QED) is 0.232. The van der Waals surface area contributed by atoms with Crippen LogP contribution in [0.25, 0.3) is 11.2 Å². The first-order valence-corrected chi connectivity index (χ1v) is 13.1. The lowest BCUT2D eigenvalue weighted by Gasteiger charge is -2.10. The van der Waals surface area contributed by atoms with Gasteiger partial charge in [-0.3, -0.25) is 4.79 Å². The Morgan fingerprint density at radius 3 is 2.80 bits per heavy atom. The minimum Gasteiger partial charge on any atom is -0.466 e. The number of nitrogens with zero attached hydrogens (tertiary/aromatic N) is 4. The van der Waals surface area contributed by atoms with Gasteiger partial charge in [-0.25, -0.2) is 15.0 Å². The van der Waals surface area contributed by atoms with Crippen molar-refractivity contribution in [3.05, 3.63) is 22.9 Å². The first-order valence-electron chi connectivity index (χ1n) is 11.5. The lowest BCUT2D eigenvalue weighted by molar-refractivity contribution is -0.143. The van der Waals surface area contributed by atoms with Gasteiger partial charge in [0.25, 0.3) is 0 Å². The second-order valence-electron chi connectivity index (χ2n) is 7.80. The molecule has 0 fully saturated rings. The number of hydrogen-bond donors (Lipinski definition) is 1. The van der Waals surface area contributed by atoms with E-state index in [0.29, 0.717) is 61.3 Å². The molecular weight excluding hydrogens is 538 g/mol. The zero-order chi connectivity index (χ0) is 24.6. The number of unbranched alkanes of at least 4 members (excludes halogenated alkanes) is 3. The average molecular weight is 566 g/mol. The van der Waals surface area contributed by atoms with Crippen LogP contribution in [0.5, 0.6) is 11.5 Å².